The van der Waals surface area contributed by atoms with Crippen molar-refractivity contribution in [2.75, 3.05) is 18.5 Å². The fraction of sp³-hybridized carbons (Fsp3) is 0.154. The molecule has 45 heavy (non-hydrogen) atoms. The Labute approximate surface area is 264 Å². The number of rotatable bonds is 14. The number of nitrogens with one attached hydrogen (secondary N) is 2. The van der Waals surface area contributed by atoms with Crippen LogP contribution in [0.15, 0.2) is 133 Å². The van der Waals surface area contributed by atoms with Crippen LogP contribution in [0, 0.1) is 0 Å². The Morgan fingerprint density at radius 1 is 0.667 bits per heavy atom. The lowest BCUT2D eigenvalue weighted by atomic mass is 9.98. The normalized spacial score (nSPS) is 11.4. The molecule has 0 unspecified atom stereocenters. The van der Waals surface area contributed by atoms with Crippen molar-refractivity contribution in [3.05, 3.63) is 161 Å². The van der Waals surface area contributed by atoms with Crippen molar-refractivity contribution in [3.8, 4) is 11.1 Å². The maximum absolute atomic E-state index is 13.3. The van der Waals surface area contributed by atoms with Crippen LogP contribution < -0.4 is 10.6 Å². The van der Waals surface area contributed by atoms with Gasteiger partial charge in [-0.15, -0.1) is 0 Å². The first-order valence-corrected chi connectivity index (χ1v) is 15.1. The number of carbonyl (C=O) groups excluding carboxylic acids is 3. The van der Waals surface area contributed by atoms with Crippen LogP contribution >= 0.6 is 0 Å². The number of anilines is 1. The van der Waals surface area contributed by atoms with E-state index >= 15 is 0 Å². The maximum atomic E-state index is 13.3. The predicted octanol–water partition coefficient (Wildman–Crippen LogP) is 7.14. The molecule has 0 spiro atoms. The van der Waals surface area contributed by atoms with E-state index in [4.69, 9.17) is 4.74 Å². The SMILES string of the molecule is CCOC(=O)[C@H](Cc1ccc(-c2cccc(CNCC(=O)c3ccccc3)c2)cc1)Nc1ccccc1C(=O)c1ccccc1. The van der Waals surface area contributed by atoms with Gasteiger partial charge < -0.3 is 15.4 Å². The fourth-order valence-electron chi connectivity index (χ4n) is 5.15. The third-order valence-corrected chi connectivity index (χ3v) is 7.47. The van der Waals surface area contributed by atoms with E-state index in [1.165, 1.54) is 0 Å². The minimum atomic E-state index is -0.687. The Kier molecular flexibility index (Phi) is 10.7. The number of para-hydroxylation sites is 1. The van der Waals surface area contributed by atoms with Gasteiger partial charge in [-0.2, -0.15) is 0 Å². The van der Waals surface area contributed by atoms with Crippen molar-refractivity contribution < 1.29 is 19.1 Å². The highest BCUT2D eigenvalue weighted by Crippen LogP contribution is 2.24. The third kappa shape index (κ3) is 8.40. The molecule has 0 heterocycles. The highest BCUT2D eigenvalue weighted by molar-refractivity contribution is 6.12. The number of ether oxygens (including phenoxy) is 1. The van der Waals surface area contributed by atoms with Crippen LogP contribution in [0.4, 0.5) is 5.69 Å². The van der Waals surface area contributed by atoms with Gasteiger partial charge in [-0.25, -0.2) is 4.79 Å². The van der Waals surface area contributed by atoms with Gasteiger partial charge in [0, 0.05) is 35.3 Å². The van der Waals surface area contributed by atoms with E-state index in [0.717, 1.165) is 22.3 Å². The average Bonchev–Trinajstić information content (AvgIpc) is 3.09. The summed E-state index contributed by atoms with van der Waals surface area (Å²) in [5, 5.41) is 6.55. The van der Waals surface area contributed by atoms with Crippen LogP contribution in [0.5, 0.6) is 0 Å². The van der Waals surface area contributed by atoms with Gasteiger partial charge in [0.05, 0.1) is 13.2 Å². The van der Waals surface area contributed by atoms with E-state index in [1.54, 1.807) is 25.1 Å². The lowest BCUT2D eigenvalue weighted by Crippen LogP contribution is -2.34. The monoisotopic (exact) mass is 596 g/mol. The predicted molar refractivity (Wildman–Crippen MR) is 178 cm³/mol. The molecule has 0 aliphatic carbocycles. The van der Waals surface area contributed by atoms with Gasteiger partial charge in [-0.3, -0.25) is 9.59 Å². The molecule has 226 valence electrons. The van der Waals surface area contributed by atoms with Crippen molar-refractivity contribution in [3.63, 3.8) is 0 Å². The molecule has 2 N–H and O–H groups in total. The molecule has 6 heteroatoms. The number of esters is 1. The quantitative estimate of drug-likeness (QED) is 0.105. The van der Waals surface area contributed by atoms with Gasteiger partial charge >= 0.3 is 5.97 Å². The van der Waals surface area contributed by atoms with Gasteiger partial charge in [0.1, 0.15) is 6.04 Å². The van der Waals surface area contributed by atoms with Crippen LogP contribution in [0.3, 0.4) is 0 Å². The number of Topliss-reactive ketones (excluding diaryl/α,β-unsaturated/α-hetero) is 1. The highest BCUT2D eigenvalue weighted by atomic mass is 16.5. The summed E-state index contributed by atoms with van der Waals surface area (Å²) in [6.45, 7) is 2.88. The molecule has 0 aliphatic heterocycles. The minimum Gasteiger partial charge on any atom is -0.464 e. The summed E-state index contributed by atoms with van der Waals surface area (Å²) in [6.07, 6.45) is 0.381. The van der Waals surface area contributed by atoms with Crippen molar-refractivity contribution in [2.45, 2.75) is 25.9 Å². The van der Waals surface area contributed by atoms with Crippen molar-refractivity contribution in [1.82, 2.24) is 5.32 Å². The van der Waals surface area contributed by atoms with Crippen molar-refractivity contribution >= 4 is 23.2 Å². The zero-order valence-electron chi connectivity index (χ0n) is 25.2. The molecule has 0 saturated carbocycles. The van der Waals surface area contributed by atoms with E-state index in [9.17, 15) is 14.4 Å². The summed E-state index contributed by atoms with van der Waals surface area (Å²) in [5.74, 6) is -0.440. The van der Waals surface area contributed by atoms with Crippen LogP contribution in [0.1, 0.15) is 44.3 Å². The zero-order chi connectivity index (χ0) is 31.4. The Morgan fingerprint density at radius 3 is 2.04 bits per heavy atom. The lowest BCUT2D eigenvalue weighted by Gasteiger charge is -2.20. The second-order valence-corrected chi connectivity index (χ2v) is 10.7. The summed E-state index contributed by atoms with van der Waals surface area (Å²) in [4.78, 5) is 38.7. The number of hydrogen-bond acceptors (Lipinski definition) is 6. The smallest absolute Gasteiger partial charge is 0.328 e. The van der Waals surface area contributed by atoms with Gasteiger partial charge in [0.25, 0.3) is 0 Å². The van der Waals surface area contributed by atoms with Gasteiger partial charge in [0.15, 0.2) is 11.6 Å². The van der Waals surface area contributed by atoms with Gasteiger partial charge in [0.2, 0.25) is 0 Å². The Morgan fingerprint density at radius 2 is 1.33 bits per heavy atom. The first-order valence-electron chi connectivity index (χ1n) is 15.1. The molecule has 0 radical (unpaired) electrons. The molecular weight excluding hydrogens is 560 g/mol. The van der Waals surface area contributed by atoms with Crippen molar-refractivity contribution in [2.24, 2.45) is 0 Å². The summed E-state index contributed by atoms with van der Waals surface area (Å²) in [5.41, 5.74) is 6.48. The van der Waals surface area contributed by atoms with E-state index in [1.807, 2.05) is 103 Å². The molecule has 6 nitrogen and oxygen atoms in total. The molecule has 0 amide bonds. The molecule has 0 aromatic heterocycles. The largest absolute Gasteiger partial charge is 0.464 e. The number of ketones is 2. The molecule has 1 atom stereocenters. The van der Waals surface area contributed by atoms with E-state index < -0.39 is 6.04 Å². The number of carbonyl (C=O) groups is 3. The summed E-state index contributed by atoms with van der Waals surface area (Å²) >= 11 is 0. The molecule has 5 aromatic rings. The maximum Gasteiger partial charge on any atom is 0.328 e. The summed E-state index contributed by atoms with van der Waals surface area (Å²) < 4.78 is 5.40. The van der Waals surface area contributed by atoms with Crippen LogP contribution in [0.25, 0.3) is 11.1 Å². The second kappa shape index (κ2) is 15.4. The Balaban J connectivity index is 1.26. The van der Waals surface area contributed by atoms with Gasteiger partial charge in [-0.05, 0) is 47.4 Å². The molecule has 0 bridgehead atoms. The minimum absolute atomic E-state index is 0.0595. The van der Waals surface area contributed by atoms with E-state index in [2.05, 4.69) is 22.8 Å². The molecule has 0 fully saturated rings. The van der Waals surface area contributed by atoms with Gasteiger partial charge in [-0.1, -0.05) is 115 Å². The molecular formula is C39H36N2O4. The molecule has 0 aliphatic rings. The second-order valence-electron chi connectivity index (χ2n) is 10.7. The van der Waals surface area contributed by atoms with Crippen LogP contribution in [0.2, 0.25) is 0 Å². The summed E-state index contributed by atoms with van der Waals surface area (Å²) in [7, 11) is 0. The highest BCUT2D eigenvalue weighted by Gasteiger charge is 2.23. The van der Waals surface area contributed by atoms with E-state index in [0.29, 0.717) is 35.3 Å². The fourth-order valence-corrected chi connectivity index (χ4v) is 5.15. The Bertz CT molecular complexity index is 1730. The van der Waals surface area contributed by atoms with Crippen molar-refractivity contribution in [1.29, 1.82) is 0 Å². The Hall–Kier alpha value is -5.33. The first-order chi connectivity index (χ1) is 22.0. The lowest BCUT2D eigenvalue weighted by molar-refractivity contribution is -0.144. The number of hydrogen-bond donors (Lipinski definition) is 2. The zero-order valence-corrected chi connectivity index (χ0v) is 25.2. The third-order valence-electron chi connectivity index (χ3n) is 7.47. The standard InChI is InChI=1S/C39H36N2O4/c1-2-45-39(44)36(41-35-19-10-9-18-34(35)38(43)32-15-7-4-8-16-32)25-28-20-22-30(23-21-28)33-17-11-12-29(24-33)26-40-27-37(42)31-13-5-3-6-14-31/h3-24,36,40-41H,2,25-27H2,1H3/t36-/m0/s1. The molecule has 5 rings (SSSR count). The average molecular weight is 597 g/mol. The number of benzene rings is 5. The van der Waals surface area contributed by atoms with E-state index in [-0.39, 0.29) is 30.7 Å². The first kappa shape index (κ1) is 31.1. The topological polar surface area (TPSA) is 84.5 Å². The molecule has 0 saturated heterocycles. The molecule has 5 aromatic carbocycles. The van der Waals surface area contributed by atoms with Crippen LogP contribution in [-0.2, 0) is 22.5 Å². The van der Waals surface area contributed by atoms with Crippen LogP contribution in [-0.4, -0.2) is 36.7 Å². The summed E-state index contributed by atoms with van der Waals surface area (Å²) in [6, 6.07) is 41.2.